The van der Waals surface area contributed by atoms with E-state index in [0.717, 1.165) is 18.4 Å². The lowest BCUT2D eigenvalue weighted by Crippen LogP contribution is -1.96. The molecule has 0 saturated heterocycles. The Morgan fingerprint density at radius 1 is 1.50 bits per heavy atom. The van der Waals surface area contributed by atoms with E-state index in [4.69, 9.17) is 4.11 Å². The van der Waals surface area contributed by atoms with Crippen molar-refractivity contribution in [1.82, 2.24) is 0 Å². The van der Waals surface area contributed by atoms with Gasteiger partial charge in [-0.3, -0.25) is 0 Å². The van der Waals surface area contributed by atoms with Gasteiger partial charge in [0.25, 0.3) is 0 Å². The fourth-order valence-corrected chi connectivity index (χ4v) is 1.10. The van der Waals surface area contributed by atoms with Crippen molar-refractivity contribution >= 4 is 0 Å². The molecule has 1 unspecified atom stereocenters. The minimum Gasteiger partial charge on any atom is -0.0812 e. The van der Waals surface area contributed by atoms with Crippen LogP contribution in [-0.2, 0) is 0 Å². The topological polar surface area (TPSA) is 0 Å². The van der Waals surface area contributed by atoms with Crippen molar-refractivity contribution in [3.63, 3.8) is 0 Å². The van der Waals surface area contributed by atoms with Crippen LogP contribution in [0.1, 0.15) is 37.7 Å². The van der Waals surface area contributed by atoms with E-state index in [1.807, 2.05) is 0 Å². The fourth-order valence-electron chi connectivity index (χ4n) is 1.10. The summed E-state index contributed by atoms with van der Waals surface area (Å²) >= 11 is 0. The average Bonchev–Trinajstić information content (AvgIpc) is 2.03. The van der Waals surface area contributed by atoms with Crippen molar-refractivity contribution in [1.29, 1.82) is 0 Å². The minimum atomic E-state index is -1.84. The molecule has 0 fully saturated rings. The molecule has 0 aromatic rings. The Kier molecular flexibility index (Phi) is 1.33. The van der Waals surface area contributed by atoms with Crippen LogP contribution in [-0.4, -0.2) is 0 Å². The molecule has 1 aliphatic carbocycles. The molecule has 0 N–H and O–H groups in total. The summed E-state index contributed by atoms with van der Waals surface area (Å²) in [5, 5.41) is 0. The Morgan fingerprint density at radius 3 is 2.80 bits per heavy atom. The zero-order valence-corrected chi connectivity index (χ0v) is 6.65. The highest BCUT2D eigenvalue weighted by Gasteiger charge is 2.04. The van der Waals surface area contributed by atoms with Crippen molar-refractivity contribution in [2.24, 2.45) is 5.92 Å². The molecule has 1 rings (SSSR count). The normalized spacial score (nSPS) is 27.2. The van der Waals surface area contributed by atoms with Gasteiger partial charge in [0.15, 0.2) is 0 Å². The van der Waals surface area contributed by atoms with Crippen LogP contribution >= 0.6 is 0 Å². The van der Waals surface area contributed by atoms with Gasteiger partial charge in [0.05, 0.1) is 0 Å². The summed E-state index contributed by atoms with van der Waals surface area (Å²) in [6.07, 6.45) is 5.91. The summed E-state index contributed by atoms with van der Waals surface area (Å²) in [4.78, 5) is 0. The minimum absolute atomic E-state index is 0.295. The molecule has 0 spiro atoms. The molecule has 0 aromatic carbocycles. The average molecular weight is 139 g/mol. The second kappa shape index (κ2) is 3.05. The molecule has 0 radical (unpaired) electrons. The molecule has 56 valence electrons. The van der Waals surface area contributed by atoms with E-state index in [1.54, 1.807) is 6.92 Å². The number of hydrogen-bond acceptors (Lipinski definition) is 0. The van der Waals surface area contributed by atoms with Crippen molar-refractivity contribution in [2.45, 2.75) is 33.5 Å². The summed E-state index contributed by atoms with van der Waals surface area (Å²) in [5.41, 5.74) is 2.40. The van der Waals surface area contributed by atoms with Crippen LogP contribution in [0.2, 0.25) is 0 Å². The molecule has 0 heteroatoms. The highest BCUT2D eigenvalue weighted by atomic mass is 14.1. The van der Waals surface area contributed by atoms with Gasteiger partial charge < -0.3 is 0 Å². The zero-order valence-electron chi connectivity index (χ0n) is 9.65. The predicted octanol–water partition coefficient (Wildman–Crippen LogP) is 3.31. The van der Waals surface area contributed by atoms with E-state index >= 15 is 0 Å². The van der Waals surface area contributed by atoms with E-state index in [9.17, 15) is 0 Å². The van der Waals surface area contributed by atoms with Crippen LogP contribution in [0.15, 0.2) is 23.3 Å². The molecule has 0 saturated carbocycles. The standard InChI is InChI=1S/C10H16/c1-8(2)10-6-4-9(3)5-7-10/h4,7-8H,5-6H2,1-3H3/i1D3. The first-order valence-corrected chi connectivity index (χ1v) is 3.76. The lowest BCUT2D eigenvalue weighted by atomic mass is 9.93. The van der Waals surface area contributed by atoms with Crippen LogP contribution < -0.4 is 0 Å². The maximum atomic E-state index is 7.30. The SMILES string of the molecule is [2H]C([2H])([2H])C(C)C1=CCC(C)=CC1. The summed E-state index contributed by atoms with van der Waals surface area (Å²) in [6.45, 7) is 2.02. The van der Waals surface area contributed by atoms with E-state index in [0.29, 0.717) is 0 Å². The third-order valence-electron chi connectivity index (χ3n) is 1.93. The Hall–Kier alpha value is -0.520. The van der Waals surface area contributed by atoms with E-state index in [2.05, 4.69) is 19.1 Å². The van der Waals surface area contributed by atoms with Gasteiger partial charge in [-0.2, -0.15) is 0 Å². The van der Waals surface area contributed by atoms with Gasteiger partial charge in [-0.25, -0.2) is 0 Å². The van der Waals surface area contributed by atoms with Crippen molar-refractivity contribution < 1.29 is 4.11 Å². The van der Waals surface area contributed by atoms with Gasteiger partial charge in [0.2, 0.25) is 0 Å². The maximum absolute atomic E-state index is 7.30. The second-order valence-electron chi connectivity index (χ2n) is 2.96. The molecule has 0 heterocycles. The van der Waals surface area contributed by atoms with Crippen LogP contribution in [0.5, 0.6) is 0 Å². The molecule has 0 aliphatic heterocycles. The van der Waals surface area contributed by atoms with Gasteiger partial charge in [-0.1, -0.05) is 37.1 Å². The maximum Gasteiger partial charge on any atom is 0.0236 e. The van der Waals surface area contributed by atoms with Gasteiger partial charge in [-0.05, 0) is 25.7 Å². The first-order valence-electron chi connectivity index (χ1n) is 5.26. The van der Waals surface area contributed by atoms with Crippen LogP contribution in [0, 0.1) is 5.92 Å². The number of allylic oxidation sites excluding steroid dienone is 4. The van der Waals surface area contributed by atoms with Crippen molar-refractivity contribution in [2.75, 3.05) is 0 Å². The van der Waals surface area contributed by atoms with Gasteiger partial charge in [0, 0.05) is 4.11 Å². The molecule has 0 nitrogen and oxygen atoms in total. The van der Waals surface area contributed by atoms with Crippen LogP contribution in [0.25, 0.3) is 0 Å². The lowest BCUT2D eigenvalue weighted by Gasteiger charge is -2.13. The third-order valence-corrected chi connectivity index (χ3v) is 1.93. The molecule has 10 heavy (non-hydrogen) atoms. The summed E-state index contributed by atoms with van der Waals surface area (Å²) in [7, 11) is 0. The van der Waals surface area contributed by atoms with E-state index in [-0.39, 0.29) is 5.92 Å². The fraction of sp³-hybridized carbons (Fsp3) is 0.600. The summed E-state index contributed by atoms with van der Waals surface area (Å²) < 4.78 is 21.9. The molecule has 1 atom stereocenters. The van der Waals surface area contributed by atoms with Gasteiger partial charge >= 0.3 is 0 Å². The monoisotopic (exact) mass is 139 g/mol. The Labute approximate surface area is 67.9 Å². The quantitative estimate of drug-likeness (QED) is 0.489. The van der Waals surface area contributed by atoms with E-state index < -0.39 is 6.85 Å². The van der Waals surface area contributed by atoms with Crippen LogP contribution in [0.4, 0.5) is 0 Å². The summed E-state index contributed by atoms with van der Waals surface area (Å²) in [6, 6.07) is 0. The van der Waals surface area contributed by atoms with E-state index in [1.165, 1.54) is 5.57 Å². The molecule has 1 aliphatic rings. The first kappa shape index (κ1) is 4.38. The molecular weight excluding hydrogens is 120 g/mol. The Balaban J connectivity index is 2.66. The van der Waals surface area contributed by atoms with Crippen molar-refractivity contribution in [3.05, 3.63) is 23.3 Å². The predicted molar refractivity (Wildman–Crippen MR) is 45.9 cm³/mol. The third kappa shape index (κ3) is 1.73. The van der Waals surface area contributed by atoms with Crippen LogP contribution in [0.3, 0.4) is 0 Å². The smallest absolute Gasteiger partial charge is 0.0236 e. The van der Waals surface area contributed by atoms with Gasteiger partial charge in [-0.15, -0.1) is 0 Å². The number of hydrogen-bond donors (Lipinski definition) is 0. The Morgan fingerprint density at radius 2 is 2.30 bits per heavy atom. The number of rotatable bonds is 1. The molecule has 0 amide bonds. The first-order chi connectivity index (χ1) is 5.91. The highest BCUT2D eigenvalue weighted by molar-refractivity contribution is 5.21. The lowest BCUT2D eigenvalue weighted by molar-refractivity contribution is 0.733. The largest absolute Gasteiger partial charge is 0.0812 e. The molecule has 0 aromatic heterocycles. The second-order valence-corrected chi connectivity index (χ2v) is 2.96. The molecular formula is C10H16. The molecule has 0 bridgehead atoms. The zero-order chi connectivity index (χ0) is 10.1. The van der Waals surface area contributed by atoms with Gasteiger partial charge in [0.1, 0.15) is 0 Å². The summed E-state index contributed by atoms with van der Waals surface area (Å²) in [5.74, 6) is -0.295. The van der Waals surface area contributed by atoms with Crippen molar-refractivity contribution in [3.8, 4) is 0 Å². The Bertz CT molecular complexity index is 245. The highest BCUT2D eigenvalue weighted by Crippen LogP contribution is 2.22.